The average Bonchev–Trinajstić information content (AvgIpc) is 3.18. The predicted molar refractivity (Wildman–Crippen MR) is 90.1 cm³/mol. The molecule has 0 radical (unpaired) electrons. The van der Waals surface area contributed by atoms with Crippen LogP contribution in [0.5, 0.6) is 0 Å². The highest BCUT2D eigenvalue weighted by Gasteiger charge is 2.56. The molecule has 4 heteroatoms. The van der Waals surface area contributed by atoms with Gasteiger partial charge in [-0.15, -0.1) is 0 Å². The monoisotopic (exact) mass is 328 g/mol. The minimum atomic E-state index is -0.349. The maximum atomic E-state index is 13.2. The number of halogens is 1. The minimum absolute atomic E-state index is 0.227. The van der Waals surface area contributed by atoms with Gasteiger partial charge in [-0.25, -0.2) is 4.39 Å². The Hall–Kier alpha value is -1.42. The zero-order valence-corrected chi connectivity index (χ0v) is 14.1. The van der Waals surface area contributed by atoms with Crippen LogP contribution in [0, 0.1) is 17.7 Å². The van der Waals surface area contributed by atoms with Crippen molar-refractivity contribution in [1.82, 2.24) is 9.80 Å². The highest BCUT2D eigenvalue weighted by molar-refractivity contribution is 5.91. The third-order valence-electron chi connectivity index (χ3n) is 6.96. The molecule has 0 bridgehead atoms. The highest BCUT2D eigenvalue weighted by Crippen LogP contribution is 2.51. The molecule has 5 rings (SSSR count). The Morgan fingerprint density at radius 2 is 1.88 bits per heavy atom. The molecule has 3 saturated heterocycles. The van der Waals surface area contributed by atoms with Crippen LogP contribution < -0.4 is 0 Å². The number of amides is 1. The Morgan fingerprint density at radius 3 is 2.62 bits per heavy atom. The van der Waals surface area contributed by atoms with E-state index in [0.29, 0.717) is 23.8 Å². The Morgan fingerprint density at radius 1 is 1.08 bits per heavy atom. The summed E-state index contributed by atoms with van der Waals surface area (Å²) >= 11 is 0. The standard InChI is InChI=1S/C20H25FN2O/c21-16-6-4-15(5-7-16)20(8-9-20)19(24)23-12-14-11-22-10-2-1-3-18(22)17(14)13-23/h4-7,14,17-18H,1-3,8-13H2/t14-,17-,18-/m0/s1. The van der Waals surface area contributed by atoms with Crippen molar-refractivity contribution in [3.8, 4) is 0 Å². The van der Waals surface area contributed by atoms with Crippen LogP contribution in [0.3, 0.4) is 0 Å². The second-order valence-corrected chi connectivity index (χ2v) is 8.28. The normalized spacial score (nSPS) is 34.0. The summed E-state index contributed by atoms with van der Waals surface area (Å²) in [5, 5.41) is 0. The number of carbonyl (C=O) groups is 1. The maximum Gasteiger partial charge on any atom is 0.233 e. The van der Waals surface area contributed by atoms with E-state index >= 15 is 0 Å². The molecule has 0 aromatic heterocycles. The molecule has 0 spiro atoms. The minimum Gasteiger partial charge on any atom is -0.341 e. The molecule has 1 aromatic rings. The van der Waals surface area contributed by atoms with Gasteiger partial charge in [-0.3, -0.25) is 9.69 Å². The Kier molecular flexibility index (Phi) is 3.28. The van der Waals surface area contributed by atoms with Crippen molar-refractivity contribution in [2.45, 2.75) is 43.6 Å². The number of likely N-dealkylation sites (tertiary alicyclic amines) is 1. The topological polar surface area (TPSA) is 23.6 Å². The molecule has 0 unspecified atom stereocenters. The first-order chi connectivity index (χ1) is 11.7. The van der Waals surface area contributed by atoms with Crippen LogP contribution >= 0.6 is 0 Å². The number of carbonyl (C=O) groups excluding carboxylic acids is 1. The molecule has 4 fully saturated rings. The van der Waals surface area contributed by atoms with Gasteiger partial charge < -0.3 is 4.90 Å². The lowest BCUT2D eigenvalue weighted by molar-refractivity contribution is -0.133. The number of hydrogen-bond donors (Lipinski definition) is 0. The van der Waals surface area contributed by atoms with Crippen LogP contribution in [0.25, 0.3) is 0 Å². The molecule has 3 heterocycles. The number of nitrogens with zero attached hydrogens (tertiary/aromatic N) is 2. The van der Waals surface area contributed by atoms with Gasteiger partial charge in [0.15, 0.2) is 0 Å². The highest BCUT2D eigenvalue weighted by atomic mass is 19.1. The summed E-state index contributed by atoms with van der Waals surface area (Å²) < 4.78 is 13.2. The van der Waals surface area contributed by atoms with Crippen LogP contribution in [0.1, 0.15) is 37.7 Å². The van der Waals surface area contributed by atoms with Crippen LogP contribution in [-0.4, -0.2) is 47.9 Å². The second kappa shape index (κ2) is 5.29. The first-order valence-corrected chi connectivity index (χ1v) is 9.47. The van der Waals surface area contributed by atoms with E-state index in [-0.39, 0.29) is 11.2 Å². The Labute approximate surface area is 142 Å². The smallest absolute Gasteiger partial charge is 0.233 e. The van der Waals surface area contributed by atoms with E-state index in [9.17, 15) is 9.18 Å². The molecule has 128 valence electrons. The molecule has 1 saturated carbocycles. The molecule has 3 nitrogen and oxygen atoms in total. The first-order valence-electron chi connectivity index (χ1n) is 9.47. The van der Waals surface area contributed by atoms with Gasteiger partial charge in [0.25, 0.3) is 0 Å². The fraction of sp³-hybridized carbons (Fsp3) is 0.650. The number of benzene rings is 1. The van der Waals surface area contributed by atoms with Gasteiger partial charge in [-0.2, -0.15) is 0 Å². The summed E-state index contributed by atoms with van der Waals surface area (Å²) in [5.41, 5.74) is 0.656. The molecule has 0 N–H and O–H groups in total. The molecule has 4 aliphatic rings. The molecular weight excluding hydrogens is 303 g/mol. The van der Waals surface area contributed by atoms with Gasteiger partial charge in [0.1, 0.15) is 5.82 Å². The number of rotatable bonds is 2. The number of hydrogen-bond acceptors (Lipinski definition) is 2. The van der Waals surface area contributed by atoms with Gasteiger partial charge >= 0.3 is 0 Å². The zero-order chi connectivity index (χ0) is 16.3. The number of fused-ring (bicyclic) bond motifs is 3. The third kappa shape index (κ3) is 2.15. The van der Waals surface area contributed by atoms with Crippen molar-refractivity contribution < 1.29 is 9.18 Å². The van der Waals surface area contributed by atoms with Crippen molar-refractivity contribution >= 4 is 5.91 Å². The van der Waals surface area contributed by atoms with Crippen molar-refractivity contribution in [1.29, 1.82) is 0 Å². The first kappa shape index (κ1) is 14.9. The van der Waals surface area contributed by atoms with E-state index in [2.05, 4.69) is 9.80 Å². The van der Waals surface area contributed by atoms with E-state index < -0.39 is 0 Å². The van der Waals surface area contributed by atoms with Crippen LogP contribution in [0.2, 0.25) is 0 Å². The van der Waals surface area contributed by atoms with Gasteiger partial charge in [0.2, 0.25) is 5.91 Å². The lowest BCUT2D eigenvalue weighted by Gasteiger charge is -2.33. The van der Waals surface area contributed by atoms with Crippen LogP contribution in [0.15, 0.2) is 24.3 Å². The van der Waals surface area contributed by atoms with Crippen molar-refractivity contribution in [3.05, 3.63) is 35.6 Å². The second-order valence-electron chi connectivity index (χ2n) is 8.28. The van der Waals surface area contributed by atoms with E-state index in [1.54, 1.807) is 12.1 Å². The van der Waals surface area contributed by atoms with Crippen molar-refractivity contribution in [2.24, 2.45) is 11.8 Å². The van der Waals surface area contributed by atoms with Gasteiger partial charge in [-0.05, 0) is 61.8 Å². The molecule has 3 atom stereocenters. The largest absolute Gasteiger partial charge is 0.341 e. The molecule has 24 heavy (non-hydrogen) atoms. The van der Waals surface area contributed by atoms with Gasteiger partial charge in [0.05, 0.1) is 5.41 Å². The molecule has 3 aliphatic heterocycles. The summed E-state index contributed by atoms with van der Waals surface area (Å²) in [6.45, 7) is 4.31. The number of piperidine rings is 1. The summed E-state index contributed by atoms with van der Waals surface area (Å²) in [6, 6.07) is 7.30. The molecular formula is C20H25FN2O. The summed E-state index contributed by atoms with van der Waals surface area (Å²) in [6.07, 6.45) is 5.83. The summed E-state index contributed by atoms with van der Waals surface area (Å²) in [7, 11) is 0. The van der Waals surface area contributed by atoms with E-state index in [0.717, 1.165) is 31.5 Å². The zero-order valence-electron chi connectivity index (χ0n) is 14.1. The van der Waals surface area contributed by atoms with Crippen LogP contribution in [-0.2, 0) is 10.2 Å². The van der Waals surface area contributed by atoms with Crippen molar-refractivity contribution in [3.63, 3.8) is 0 Å². The fourth-order valence-corrected chi connectivity index (χ4v) is 5.54. The molecule has 1 amide bonds. The Balaban J connectivity index is 1.33. The maximum absolute atomic E-state index is 13.2. The third-order valence-corrected chi connectivity index (χ3v) is 6.96. The fourth-order valence-electron chi connectivity index (χ4n) is 5.54. The summed E-state index contributed by atoms with van der Waals surface area (Å²) in [4.78, 5) is 18.0. The van der Waals surface area contributed by atoms with Gasteiger partial charge in [-0.1, -0.05) is 18.6 Å². The summed E-state index contributed by atoms with van der Waals surface area (Å²) in [5.74, 6) is 1.42. The van der Waals surface area contributed by atoms with Crippen molar-refractivity contribution in [2.75, 3.05) is 26.2 Å². The quantitative estimate of drug-likeness (QED) is 0.833. The molecule has 1 aliphatic carbocycles. The lowest BCUT2D eigenvalue weighted by atomic mass is 9.90. The van der Waals surface area contributed by atoms with Gasteiger partial charge in [0, 0.05) is 25.7 Å². The SMILES string of the molecule is O=C(N1C[C@@H]2CN3CCCC[C@H]3[C@H]2C1)C1(c2ccc(F)cc2)CC1. The van der Waals surface area contributed by atoms with Crippen LogP contribution in [0.4, 0.5) is 4.39 Å². The van der Waals surface area contributed by atoms with E-state index in [1.165, 1.54) is 44.5 Å². The molecule has 1 aromatic carbocycles. The predicted octanol–water partition coefficient (Wildman–Crippen LogP) is 2.80. The average molecular weight is 328 g/mol. The van der Waals surface area contributed by atoms with E-state index in [1.807, 2.05) is 0 Å². The lowest BCUT2D eigenvalue weighted by Crippen LogP contribution is -2.43. The Bertz CT molecular complexity index is 654. The van der Waals surface area contributed by atoms with E-state index in [4.69, 9.17) is 0 Å².